The van der Waals surface area contributed by atoms with Crippen LogP contribution >= 0.6 is 11.8 Å². The van der Waals surface area contributed by atoms with Crippen molar-refractivity contribution in [3.63, 3.8) is 0 Å². The van der Waals surface area contributed by atoms with Crippen LogP contribution < -0.4 is 35.2 Å². The molecule has 0 fully saturated rings. The highest BCUT2D eigenvalue weighted by Gasteiger charge is 2.26. The van der Waals surface area contributed by atoms with Gasteiger partial charge in [-0.25, -0.2) is 0 Å². The molecule has 0 bridgehead atoms. The summed E-state index contributed by atoms with van der Waals surface area (Å²) in [6.07, 6.45) is 1.49. The highest BCUT2D eigenvalue weighted by molar-refractivity contribution is 8.00. The summed E-state index contributed by atoms with van der Waals surface area (Å²) < 4.78 is 16.3. The molecule has 1 heterocycles. The summed E-state index contributed by atoms with van der Waals surface area (Å²) in [5.74, 6) is -0.00717. The van der Waals surface area contributed by atoms with Crippen LogP contribution in [0.15, 0.2) is 113 Å². The van der Waals surface area contributed by atoms with Gasteiger partial charge < -0.3 is 30.2 Å². The van der Waals surface area contributed by atoms with Gasteiger partial charge in [-0.05, 0) is 60.7 Å². The number of carbonyl (C=O) groups excluding carboxylic acids is 4. The van der Waals surface area contributed by atoms with Crippen molar-refractivity contribution in [2.75, 3.05) is 37.4 Å². The van der Waals surface area contributed by atoms with Crippen LogP contribution in [0.5, 0.6) is 17.2 Å². The van der Waals surface area contributed by atoms with E-state index in [1.165, 1.54) is 44.2 Å². The second-order valence-corrected chi connectivity index (χ2v) is 11.5. The number of para-hydroxylation sites is 1. The van der Waals surface area contributed by atoms with Crippen LogP contribution in [0.25, 0.3) is 6.08 Å². The summed E-state index contributed by atoms with van der Waals surface area (Å²) in [7, 11) is 4.47. The van der Waals surface area contributed by atoms with E-state index >= 15 is 0 Å². The van der Waals surface area contributed by atoms with E-state index in [0.717, 1.165) is 4.90 Å². The van der Waals surface area contributed by atoms with Crippen molar-refractivity contribution in [2.45, 2.75) is 11.3 Å². The monoisotopic (exact) mass is 679 g/mol. The van der Waals surface area contributed by atoms with Gasteiger partial charge in [-0.2, -0.15) is 10.1 Å². The van der Waals surface area contributed by atoms with Crippen molar-refractivity contribution in [1.29, 1.82) is 0 Å². The molecule has 0 saturated carbocycles. The number of nitrogens with zero attached hydrogens (tertiary/aromatic N) is 2. The standard InChI is InChI=1S/C36H33N5O7S/c1-46-29-20-31(48-3)30(47-2)19-24(29)18-28(38-35(44)23-10-6-4-7-11-23)36(45)37-25-14-16-27(17-15-25)49-22-33(42)39-32-21-34(43)41(40-32)26-12-8-5-9-13-26/h4-20H,21-22H2,1-3H3,(H,37,45)(H,38,44)(H,39,40,42)/b28-18-. The number of hydrogen-bond donors (Lipinski definition) is 3. The van der Waals surface area contributed by atoms with E-state index in [0.29, 0.717) is 39.8 Å². The van der Waals surface area contributed by atoms with Gasteiger partial charge in [-0.1, -0.05) is 36.4 Å². The van der Waals surface area contributed by atoms with Gasteiger partial charge in [-0.3, -0.25) is 19.2 Å². The molecule has 0 spiro atoms. The molecule has 4 amide bonds. The maximum absolute atomic E-state index is 13.6. The Morgan fingerprint density at radius 3 is 2.10 bits per heavy atom. The molecule has 250 valence electrons. The number of methoxy groups -OCH3 is 3. The Morgan fingerprint density at radius 2 is 1.45 bits per heavy atom. The third-order valence-corrected chi connectivity index (χ3v) is 8.12. The van der Waals surface area contributed by atoms with E-state index < -0.39 is 11.8 Å². The van der Waals surface area contributed by atoms with Crippen molar-refractivity contribution < 1.29 is 33.4 Å². The van der Waals surface area contributed by atoms with Gasteiger partial charge in [0.05, 0.1) is 39.2 Å². The molecule has 0 radical (unpaired) electrons. The Bertz CT molecular complexity index is 1900. The van der Waals surface area contributed by atoms with Gasteiger partial charge in [-0.15, -0.1) is 11.8 Å². The predicted octanol–water partition coefficient (Wildman–Crippen LogP) is 5.08. The van der Waals surface area contributed by atoms with Crippen LogP contribution in [0.1, 0.15) is 22.3 Å². The van der Waals surface area contributed by atoms with E-state index in [-0.39, 0.29) is 35.5 Å². The second kappa shape index (κ2) is 16.2. The zero-order valence-electron chi connectivity index (χ0n) is 26.9. The fraction of sp³-hybridized carbons (Fsp3) is 0.139. The third kappa shape index (κ3) is 8.84. The number of hydrogen-bond acceptors (Lipinski definition) is 9. The maximum Gasteiger partial charge on any atom is 0.272 e. The molecule has 5 rings (SSSR count). The molecule has 4 aromatic carbocycles. The van der Waals surface area contributed by atoms with Crippen molar-refractivity contribution in [3.8, 4) is 17.2 Å². The number of benzene rings is 4. The minimum atomic E-state index is -0.586. The van der Waals surface area contributed by atoms with Crippen LogP contribution in [0.2, 0.25) is 0 Å². The lowest BCUT2D eigenvalue weighted by Crippen LogP contribution is -2.31. The average Bonchev–Trinajstić information content (AvgIpc) is 3.50. The van der Waals surface area contributed by atoms with Gasteiger partial charge in [0.1, 0.15) is 17.3 Å². The first kappa shape index (κ1) is 34.3. The highest BCUT2D eigenvalue weighted by Crippen LogP contribution is 2.35. The smallest absolute Gasteiger partial charge is 0.272 e. The predicted molar refractivity (Wildman–Crippen MR) is 188 cm³/mol. The number of amides is 4. The first-order valence-corrected chi connectivity index (χ1v) is 15.9. The molecule has 49 heavy (non-hydrogen) atoms. The molecule has 3 N–H and O–H groups in total. The van der Waals surface area contributed by atoms with Crippen LogP contribution in [0, 0.1) is 0 Å². The summed E-state index contributed by atoms with van der Waals surface area (Å²) in [5.41, 5.74) is 1.86. The summed E-state index contributed by atoms with van der Waals surface area (Å²) in [6, 6.07) is 27.6. The van der Waals surface area contributed by atoms with E-state index in [2.05, 4.69) is 21.1 Å². The number of amidine groups is 1. The molecular weight excluding hydrogens is 646 g/mol. The molecule has 1 aliphatic rings. The molecule has 1 aliphatic heterocycles. The maximum atomic E-state index is 13.6. The summed E-state index contributed by atoms with van der Waals surface area (Å²) in [6.45, 7) is 0. The van der Waals surface area contributed by atoms with Gasteiger partial charge in [0.15, 0.2) is 11.5 Å². The molecule has 0 atom stereocenters. The van der Waals surface area contributed by atoms with Gasteiger partial charge in [0.2, 0.25) is 5.91 Å². The molecule has 13 heteroatoms. The first-order chi connectivity index (χ1) is 23.8. The summed E-state index contributed by atoms with van der Waals surface area (Å²) in [5, 5.41) is 13.7. The number of anilines is 2. The van der Waals surface area contributed by atoms with Crippen LogP contribution in [0.4, 0.5) is 11.4 Å². The zero-order chi connectivity index (χ0) is 34.8. The van der Waals surface area contributed by atoms with E-state index in [9.17, 15) is 19.2 Å². The topological polar surface area (TPSA) is 148 Å². The Hall–Kier alpha value is -6.08. The summed E-state index contributed by atoms with van der Waals surface area (Å²) >= 11 is 1.28. The van der Waals surface area contributed by atoms with Crippen LogP contribution in [-0.4, -0.2) is 56.5 Å². The Morgan fingerprint density at radius 1 is 0.816 bits per heavy atom. The van der Waals surface area contributed by atoms with Gasteiger partial charge in [0.25, 0.3) is 17.7 Å². The number of nitrogens with one attached hydrogen (secondary N) is 3. The molecule has 0 saturated heterocycles. The van der Waals surface area contributed by atoms with Gasteiger partial charge in [0, 0.05) is 27.8 Å². The molecule has 0 unspecified atom stereocenters. The molecular formula is C36H33N5O7S. The van der Waals surface area contributed by atoms with Gasteiger partial charge >= 0.3 is 0 Å². The molecule has 4 aromatic rings. The SMILES string of the molecule is COc1cc(OC)c(OC)cc1/C=C(\NC(=O)c1ccccc1)C(=O)Nc1ccc(SCC(=O)NC2=NN(c3ccccc3)C(=O)C2)cc1. The Labute approximate surface area is 287 Å². The second-order valence-electron chi connectivity index (χ2n) is 10.4. The third-order valence-electron chi connectivity index (χ3n) is 7.11. The lowest BCUT2D eigenvalue weighted by atomic mass is 10.1. The minimum absolute atomic E-state index is 0.000718. The highest BCUT2D eigenvalue weighted by atomic mass is 32.2. The number of rotatable bonds is 12. The van der Waals surface area contributed by atoms with Crippen molar-refractivity contribution in [3.05, 3.63) is 114 Å². The number of carbonyl (C=O) groups is 4. The molecule has 0 aromatic heterocycles. The lowest BCUT2D eigenvalue weighted by molar-refractivity contribution is -0.117. The van der Waals surface area contributed by atoms with Crippen molar-refractivity contribution >= 4 is 58.7 Å². The number of ether oxygens (including phenoxy) is 3. The average molecular weight is 680 g/mol. The largest absolute Gasteiger partial charge is 0.496 e. The molecule has 12 nitrogen and oxygen atoms in total. The zero-order valence-corrected chi connectivity index (χ0v) is 27.7. The van der Waals surface area contributed by atoms with Crippen molar-refractivity contribution in [2.24, 2.45) is 5.10 Å². The van der Waals surface area contributed by atoms with Crippen LogP contribution in [-0.2, 0) is 14.4 Å². The van der Waals surface area contributed by atoms with E-state index in [4.69, 9.17) is 14.2 Å². The quantitative estimate of drug-likeness (QED) is 0.139. The fourth-order valence-corrected chi connectivity index (χ4v) is 5.41. The van der Waals surface area contributed by atoms with E-state index in [1.807, 2.05) is 6.07 Å². The Kier molecular flexibility index (Phi) is 11.3. The first-order valence-electron chi connectivity index (χ1n) is 15.0. The minimum Gasteiger partial charge on any atom is -0.496 e. The lowest BCUT2D eigenvalue weighted by Gasteiger charge is -2.15. The number of hydrazone groups is 1. The summed E-state index contributed by atoms with van der Waals surface area (Å²) in [4.78, 5) is 52.4. The Balaban J connectivity index is 1.25. The van der Waals surface area contributed by atoms with Crippen molar-refractivity contribution in [1.82, 2.24) is 10.6 Å². The van der Waals surface area contributed by atoms with Crippen LogP contribution in [0.3, 0.4) is 0 Å². The number of thioether (sulfide) groups is 1. The molecule has 0 aliphatic carbocycles. The fourth-order valence-electron chi connectivity index (χ4n) is 4.71. The normalized spacial score (nSPS) is 12.6. The van der Waals surface area contributed by atoms with E-state index in [1.54, 1.807) is 91.0 Å².